The Labute approximate surface area is 171 Å². The van der Waals surface area contributed by atoms with Crippen LogP contribution < -0.4 is 5.32 Å². The number of ether oxygens (including phenoxy) is 1. The van der Waals surface area contributed by atoms with Gasteiger partial charge in [0.15, 0.2) is 6.10 Å². The summed E-state index contributed by atoms with van der Waals surface area (Å²) >= 11 is 0. The summed E-state index contributed by atoms with van der Waals surface area (Å²) in [5.74, 6) is -1.40. The first-order valence-electron chi connectivity index (χ1n) is 9.50. The van der Waals surface area contributed by atoms with Crippen molar-refractivity contribution in [3.63, 3.8) is 0 Å². The molecule has 0 saturated heterocycles. The van der Waals surface area contributed by atoms with E-state index in [-0.39, 0.29) is 17.0 Å². The summed E-state index contributed by atoms with van der Waals surface area (Å²) in [7, 11) is 1.68. The minimum absolute atomic E-state index is 0.132. The van der Waals surface area contributed by atoms with Crippen molar-refractivity contribution in [2.24, 2.45) is 0 Å². The van der Waals surface area contributed by atoms with Gasteiger partial charge in [0.1, 0.15) is 0 Å². The minimum Gasteiger partial charge on any atom is -0.449 e. The smallest absolute Gasteiger partial charge is 0.339 e. The van der Waals surface area contributed by atoms with Crippen LogP contribution in [-0.4, -0.2) is 41.4 Å². The van der Waals surface area contributed by atoms with Crippen molar-refractivity contribution in [3.05, 3.63) is 71.3 Å². The van der Waals surface area contributed by atoms with E-state index in [1.807, 2.05) is 51.1 Å². The van der Waals surface area contributed by atoms with E-state index in [0.717, 1.165) is 5.56 Å². The Morgan fingerprint density at radius 3 is 2.10 bits per heavy atom. The maximum absolute atomic E-state index is 12.9. The lowest BCUT2D eigenvalue weighted by Gasteiger charge is -2.23. The van der Waals surface area contributed by atoms with Crippen molar-refractivity contribution in [1.82, 2.24) is 10.2 Å². The highest BCUT2D eigenvalue weighted by Crippen LogP contribution is 2.15. The molecular weight excluding hydrogens is 368 g/mol. The predicted octanol–water partition coefficient (Wildman–Crippen LogP) is 3.42. The molecular formula is C23H28N2O4. The zero-order valence-corrected chi connectivity index (χ0v) is 17.6. The summed E-state index contributed by atoms with van der Waals surface area (Å²) in [6.45, 7) is 7.44. The molecule has 6 heteroatoms. The summed E-state index contributed by atoms with van der Waals surface area (Å²) in [6, 6.07) is 16.0. The second-order valence-corrected chi connectivity index (χ2v) is 7.98. The van der Waals surface area contributed by atoms with Gasteiger partial charge in [-0.05, 0) is 45.4 Å². The highest BCUT2D eigenvalue weighted by molar-refractivity contribution is 6.05. The third-order valence-corrected chi connectivity index (χ3v) is 4.14. The second-order valence-electron chi connectivity index (χ2n) is 7.98. The number of hydrogen-bond acceptors (Lipinski definition) is 4. The summed E-state index contributed by atoms with van der Waals surface area (Å²) in [5, 5.41) is 2.77. The normalized spacial score (nSPS) is 12.0. The molecule has 0 aliphatic heterocycles. The lowest BCUT2D eigenvalue weighted by molar-refractivity contribution is -0.130. The van der Waals surface area contributed by atoms with Crippen LogP contribution in [0.1, 0.15) is 54.0 Å². The lowest BCUT2D eigenvalue weighted by Crippen LogP contribution is -2.46. The molecule has 0 radical (unpaired) electrons. The van der Waals surface area contributed by atoms with Crippen molar-refractivity contribution >= 4 is 17.8 Å². The van der Waals surface area contributed by atoms with Crippen molar-refractivity contribution < 1.29 is 19.1 Å². The fourth-order valence-electron chi connectivity index (χ4n) is 2.73. The molecule has 2 rings (SSSR count). The largest absolute Gasteiger partial charge is 0.449 e. The molecule has 1 atom stereocenters. The zero-order chi connectivity index (χ0) is 21.6. The molecule has 2 aromatic carbocycles. The second kappa shape index (κ2) is 9.37. The molecule has 0 spiro atoms. The van der Waals surface area contributed by atoms with E-state index in [1.165, 1.54) is 17.9 Å². The van der Waals surface area contributed by atoms with Crippen LogP contribution in [0.25, 0.3) is 0 Å². The number of amides is 2. The molecule has 1 N–H and O–H groups in total. The van der Waals surface area contributed by atoms with Crippen molar-refractivity contribution in [3.8, 4) is 0 Å². The number of carbonyl (C=O) groups is 3. The van der Waals surface area contributed by atoms with E-state index in [2.05, 4.69) is 5.32 Å². The molecule has 0 aliphatic carbocycles. The molecule has 0 unspecified atom stereocenters. The molecule has 154 valence electrons. The Balaban J connectivity index is 2.13. The van der Waals surface area contributed by atoms with Crippen LogP contribution in [0.2, 0.25) is 0 Å². The Kier molecular flexibility index (Phi) is 7.15. The Morgan fingerprint density at radius 1 is 0.966 bits per heavy atom. The predicted molar refractivity (Wildman–Crippen MR) is 111 cm³/mol. The number of nitrogens with one attached hydrogen (secondary N) is 1. The van der Waals surface area contributed by atoms with Gasteiger partial charge in [0.2, 0.25) is 0 Å². The Bertz CT molecular complexity index is 872. The van der Waals surface area contributed by atoms with Gasteiger partial charge in [0.25, 0.3) is 11.8 Å². The minimum atomic E-state index is -0.980. The third kappa shape index (κ3) is 6.45. The highest BCUT2D eigenvalue weighted by Gasteiger charge is 2.26. The molecule has 29 heavy (non-hydrogen) atoms. The van der Waals surface area contributed by atoms with Gasteiger partial charge < -0.3 is 15.0 Å². The fraction of sp³-hybridized carbons (Fsp3) is 0.348. The van der Waals surface area contributed by atoms with Gasteiger partial charge in [-0.1, -0.05) is 42.5 Å². The number of hydrogen-bond donors (Lipinski definition) is 1. The molecule has 0 aliphatic rings. The van der Waals surface area contributed by atoms with E-state index in [4.69, 9.17) is 4.74 Å². The topological polar surface area (TPSA) is 75.7 Å². The number of benzene rings is 2. The Morgan fingerprint density at radius 2 is 1.52 bits per heavy atom. The van der Waals surface area contributed by atoms with Crippen LogP contribution in [-0.2, 0) is 16.1 Å². The maximum Gasteiger partial charge on any atom is 0.339 e. The molecule has 0 bridgehead atoms. The molecule has 0 fully saturated rings. The average molecular weight is 396 g/mol. The van der Waals surface area contributed by atoms with Gasteiger partial charge in [-0.2, -0.15) is 0 Å². The fourth-order valence-corrected chi connectivity index (χ4v) is 2.73. The molecule has 2 amide bonds. The van der Waals surface area contributed by atoms with Crippen LogP contribution in [0.15, 0.2) is 54.6 Å². The standard InChI is InChI=1S/C23H28N2O4/c1-16(20(26)24-23(2,3)4)29-22(28)19-14-10-9-13-18(19)21(27)25(5)15-17-11-7-6-8-12-17/h6-14,16H,15H2,1-5H3,(H,24,26)/t16-/m1/s1. The van der Waals surface area contributed by atoms with Crippen LogP contribution in [0.3, 0.4) is 0 Å². The van der Waals surface area contributed by atoms with Crippen molar-refractivity contribution in [2.45, 2.75) is 45.9 Å². The monoisotopic (exact) mass is 396 g/mol. The number of rotatable bonds is 6. The van der Waals surface area contributed by atoms with Crippen LogP contribution in [0.5, 0.6) is 0 Å². The van der Waals surface area contributed by atoms with Gasteiger partial charge in [-0.25, -0.2) is 4.79 Å². The SMILES string of the molecule is C[C@@H](OC(=O)c1ccccc1C(=O)N(C)Cc1ccccc1)C(=O)NC(C)(C)C. The Hall–Kier alpha value is -3.15. The van der Waals surface area contributed by atoms with Crippen molar-refractivity contribution in [2.75, 3.05) is 7.05 Å². The van der Waals surface area contributed by atoms with Crippen LogP contribution in [0, 0.1) is 0 Å². The van der Waals surface area contributed by atoms with Crippen LogP contribution >= 0.6 is 0 Å². The average Bonchev–Trinajstić information content (AvgIpc) is 2.66. The van der Waals surface area contributed by atoms with E-state index < -0.39 is 23.5 Å². The highest BCUT2D eigenvalue weighted by atomic mass is 16.5. The van der Waals surface area contributed by atoms with E-state index in [0.29, 0.717) is 6.54 Å². The maximum atomic E-state index is 12.9. The van der Waals surface area contributed by atoms with Gasteiger partial charge >= 0.3 is 5.97 Å². The van der Waals surface area contributed by atoms with E-state index in [9.17, 15) is 14.4 Å². The first-order chi connectivity index (χ1) is 13.6. The van der Waals surface area contributed by atoms with Crippen molar-refractivity contribution in [1.29, 1.82) is 0 Å². The summed E-state index contributed by atoms with van der Waals surface area (Å²) in [4.78, 5) is 39.3. The molecule has 6 nitrogen and oxygen atoms in total. The first kappa shape index (κ1) is 22.1. The number of nitrogens with zero attached hydrogens (tertiary/aromatic N) is 1. The summed E-state index contributed by atoms with van der Waals surface area (Å²) in [6.07, 6.45) is -0.980. The van der Waals surface area contributed by atoms with Gasteiger partial charge in [0, 0.05) is 19.1 Å². The quantitative estimate of drug-likeness (QED) is 0.759. The van der Waals surface area contributed by atoms with Gasteiger partial charge in [-0.3, -0.25) is 9.59 Å². The number of esters is 1. The molecule has 0 saturated carbocycles. The zero-order valence-electron chi connectivity index (χ0n) is 17.6. The molecule has 0 heterocycles. The van der Waals surface area contributed by atoms with Gasteiger partial charge in [-0.15, -0.1) is 0 Å². The van der Waals surface area contributed by atoms with Crippen LogP contribution in [0.4, 0.5) is 0 Å². The van der Waals surface area contributed by atoms with Gasteiger partial charge in [0.05, 0.1) is 11.1 Å². The lowest BCUT2D eigenvalue weighted by atomic mass is 10.1. The summed E-state index contributed by atoms with van der Waals surface area (Å²) < 4.78 is 5.31. The number of carbonyl (C=O) groups excluding carboxylic acids is 3. The van der Waals surface area contributed by atoms with E-state index in [1.54, 1.807) is 25.2 Å². The summed E-state index contributed by atoms with van der Waals surface area (Å²) in [5.41, 5.74) is 0.911. The van der Waals surface area contributed by atoms with E-state index >= 15 is 0 Å². The first-order valence-corrected chi connectivity index (χ1v) is 9.50. The molecule has 0 aromatic heterocycles. The third-order valence-electron chi connectivity index (χ3n) is 4.14. The molecule has 2 aromatic rings.